The molecule has 94 valence electrons. The minimum Gasteiger partial charge on any atom is -0.305 e. The molecule has 0 aromatic heterocycles. The van der Waals surface area contributed by atoms with Crippen molar-refractivity contribution in [2.24, 2.45) is 11.3 Å². The average molecular weight is 237 g/mol. The van der Waals surface area contributed by atoms with Gasteiger partial charge in [-0.05, 0) is 12.8 Å². The Balaban J connectivity index is 2.53. The lowest BCUT2D eigenvalue weighted by Crippen LogP contribution is -2.50. The van der Waals surface area contributed by atoms with E-state index >= 15 is 0 Å². The predicted molar refractivity (Wildman–Crippen MR) is 55.0 cm³/mol. The second-order valence-corrected chi connectivity index (χ2v) is 5.39. The van der Waals surface area contributed by atoms with E-state index in [9.17, 15) is 18.0 Å². The van der Waals surface area contributed by atoms with Crippen molar-refractivity contribution in [1.82, 2.24) is 5.32 Å². The number of Topliss-reactive ketones (excluding diaryl/α,β-unsaturated/α-hetero) is 1. The summed E-state index contributed by atoms with van der Waals surface area (Å²) in [5.74, 6) is -0.237. The van der Waals surface area contributed by atoms with Crippen LogP contribution in [0.25, 0.3) is 0 Å². The molecule has 1 N–H and O–H groups in total. The molecular weight excluding hydrogens is 219 g/mol. The first kappa shape index (κ1) is 13.5. The van der Waals surface area contributed by atoms with Gasteiger partial charge in [-0.1, -0.05) is 20.8 Å². The van der Waals surface area contributed by atoms with Crippen LogP contribution in [0.15, 0.2) is 0 Å². The van der Waals surface area contributed by atoms with Gasteiger partial charge in [-0.2, -0.15) is 13.2 Å². The molecular formula is C11H18F3NO. The van der Waals surface area contributed by atoms with Crippen LogP contribution in [-0.4, -0.2) is 24.5 Å². The number of hydrogen-bond donors (Lipinski definition) is 1. The van der Waals surface area contributed by atoms with Gasteiger partial charge in [0.1, 0.15) is 11.8 Å². The van der Waals surface area contributed by atoms with E-state index in [1.54, 1.807) is 20.8 Å². The van der Waals surface area contributed by atoms with Crippen LogP contribution in [0.2, 0.25) is 0 Å². The zero-order valence-corrected chi connectivity index (χ0v) is 9.82. The Kier molecular flexibility index (Phi) is 3.67. The van der Waals surface area contributed by atoms with E-state index in [4.69, 9.17) is 0 Å². The van der Waals surface area contributed by atoms with Crippen LogP contribution in [0.1, 0.15) is 33.6 Å². The van der Waals surface area contributed by atoms with Gasteiger partial charge in [0.05, 0.1) is 0 Å². The quantitative estimate of drug-likeness (QED) is 0.759. The summed E-state index contributed by atoms with van der Waals surface area (Å²) in [6.45, 7) is 5.53. The van der Waals surface area contributed by atoms with Gasteiger partial charge in [0.15, 0.2) is 0 Å². The molecule has 0 bridgehead atoms. The van der Waals surface area contributed by atoms with Crippen molar-refractivity contribution in [3.63, 3.8) is 0 Å². The summed E-state index contributed by atoms with van der Waals surface area (Å²) in [7, 11) is 0. The Morgan fingerprint density at radius 1 is 1.19 bits per heavy atom. The van der Waals surface area contributed by atoms with Crippen LogP contribution in [0.4, 0.5) is 13.2 Å². The molecule has 1 rings (SSSR count). The molecule has 1 heterocycles. The van der Waals surface area contributed by atoms with Crippen molar-refractivity contribution in [2.75, 3.05) is 6.54 Å². The molecule has 1 saturated heterocycles. The summed E-state index contributed by atoms with van der Waals surface area (Å²) >= 11 is 0. The number of rotatable bonds is 1. The molecule has 2 unspecified atom stereocenters. The number of carbonyl (C=O) groups is 1. The molecule has 16 heavy (non-hydrogen) atoms. The molecule has 0 aliphatic carbocycles. The molecule has 2 atom stereocenters. The predicted octanol–water partition coefficient (Wildman–Crippen LogP) is 2.53. The molecule has 1 aliphatic rings. The molecule has 0 spiro atoms. The minimum atomic E-state index is -4.20. The van der Waals surface area contributed by atoms with Gasteiger partial charge in [-0.25, -0.2) is 0 Å². The largest absolute Gasteiger partial charge is 0.403 e. The van der Waals surface area contributed by atoms with Crippen LogP contribution in [-0.2, 0) is 4.79 Å². The van der Waals surface area contributed by atoms with E-state index in [2.05, 4.69) is 5.32 Å². The first-order valence-electron chi connectivity index (χ1n) is 5.47. The fourth-order valence-electron chi connectivity index (χ4n) is 1.97. The van der Waals surface area contributed by atoms with Crippen molar-refractivity contribution in [3.05, 3.63) is 0 Å². The highest BCUT2D eigenvalue weighted by molar-refractivity contribution is 5.86. The zero-order chi connectivity index (χ0) is 12.6. The normalized spacial score (nSPS) is 27.9. The summed E-state index contributed by atoms with van der Waals surface area (Å²) in [4.78, 5) is 11.9. The third-order valence-corrected chi connectivity index (χ3v) is 2.92. The third kappa shape index (κ3) is 3.20. The van der Waals surface area contributed by atoms with Gasteiger partial charge in [0, 0.05) is 17.9 Å². The van der Waals surface area contributed by atoms with Crippen LogP contribution >= 0.6 is 0 Å². The van der Waals surface area contributed by atoms with Crippen molar-refractivity contribution in [3.8, 4) is 0 Å². The van der Waals surface area contributed by atoms with Crippen LogP contribution in [0, 0.1) is 11.3 Å². The summed E-state index contributed by atoms with van der Waals surface area (Å²) in [6, 6.07) is -1.45. The lowest BCUT2D eigenvalue weighted by Gasteiger charge is -2.33. The Bertz CT molecular complexity index is 259. The Labute approximate surface area is 93.6 Å². The van der Waals surface area contributed by atoms with Crippen molar-refractivity contribution in [1.29, 1.82) is 0 Å². The van der Waals surface area contributed by atoms with E-state index in [1.165, 1.54) is 0 Å². The number of ketones is 1. The van der Waals surface area contributed by atoms with Crippen LogP contribution < -0.4 is 5.32 Å². The summed E-state index contributed by atoms with van der Waals surface area (Å²) in [5.41, 5.74) is -0.475. The van der Waals surface area contributed by atoms with E-state index in [1.807, 2.05) is 0 Å². The van der Waals surface area contributed by atoms with Gasteiger partial charge in [-0.15, -0.1) is 0 Å². The number of piperidine rings is 1. The Morgan fingerprint density at radius 3 is 2.06 bits per heavy atom. The minimum absolute atomic E-state index is 0.00398. The maximum Gasteiger partial charge on any atom is 0.403 e. The molecule has 0 saturated carbocycles. The van der Waals surface area contributed by atoms with E-state index < -0.39 is 17.6 Å². The molecule has 2 nitrogen and oxygen atoms in total. The maximum absolute atomic E-state index is 12.4. The maximum atomic E-state index is 12.4. The first-order valence-corrected chi connectivity index (χ1v) is 5.47. The highest BCUT2D eigenvalue weighted by Gasteiger charge is 2.43. The molecule has 5 heteroatoms. The molecule has 0 aromatic rings. The van der Waals surface area contributed by atoms with E-state index in [-0.39, 0.29) is 24.7 Å². The summed E-state index contributed by atoms with van der Waals surface area (Å²) < 4.78 is 37.1. The lowest BCUT2D eigenvalue weighted by atomic mass is 9.79. The fraction of sp³-hybridized carbons (Fsp3) is 0.909. The second kappa shape index (κ2) is 4.35. The lowest BCUT2D eigenvalue weighted by molar-refractivity contribution is -0.164. The number of nitrogens with one attached hydrogen (secondary N) is 1. The number of carbonyl (C=O) groups excluding carboxylic acids is 1. The third-order valence-electron chi connectivity index (χ3n) is 2.92. The Hall–Kier alpha value is -0.580. The zero-order valence-electron chi connectivity index (χ0n) is 9.82. The van der Waals surface area contributed by atoms with E-state index in [0.717, 1.165) is 0 Å². The van der Waals surface area contributed by atoms with Crippen molar-refractivity contribution >= 4 is 5.78 Å². The van der Waals surface area contributed by atoms with E-state index in [0.29, 0.717) is 6.42 Å². The van der Waals surface area contributed by atoms with Gasteiger partial charge < -0.3 is 5.32 Å². The summed E-state index contributed by atoms with van der Waals surface area (Å²) in [5, 5.41) is 2.42. The van der Waals surface area contributed by atoms with Crippen molar-refractivity contribution in [2.45, 2.75) is 45.8 Å². The molecule has 1 fully saturated rings. The average Bonchev–Trinajstić information content (AvgIpc) is 2.14. The summed E-state index contributed by atoms with van der Waals surface area (Å²) in [6.07, 6.45) is -3.88. The fourth-order valence-corrected chi connectivity index (χ4v) is 1.97. The number of alkyl halides is 3. The monoisotopic (exact) mass is 237 g/mol. The number of hydrogen-bond acceptors (Lipinski definition) is 2. The molecule has 0 amide bonds. The highest BCUT2D eigenvalue weighted by Crippen LogP contribution is 2.31. The topological polar surface area (TPSA) is 29.1 Å². The van der Waals surface area contributed by atoms with Gasteiger partial charge in [0.25, 0.3) is 0 Å². The van der Waals surface area contributed by atoms with Crippen LogP contribution in [0.3, 0.4) is 0 Å². The Morgan fingerprint density at radius 2 is 1.75 bits per heavy atom. The van der Waals surface area contributed by atoms with Crippen molar-refractivity contribution < 1.29 is 18.0 Å². The van der Waals surface area contributed by atoms with Crippen LogP contribution in [0.5, 0.6) is 0 Å². The molecule has 1 aliphatic heterocycles. The number of halogens is 3. The standard InChI is InChI=1S/C11H18F3NO/c1-10(2,3)9(16)7-4-5-8(15-6-7)11(12,13)14/h7-8,15H,4-6H2,1-3H3. The van der Waals surface area contributed by atoms with Gasteiger partial charge in [-0.3, -0.25) is 4.79 Å². The SMILES string of the molecule is CC(C)(C)C(=O)C1CCC(C(F)(F)F)NC1. The molecule has 0 radical (unpaired) electrons. The molecule has 0 aromatic carbocycles. The smallest absolute Gasteiger partial charge is 0.305 e. The second-order valence-electron chi connectivity index (χ2n) is 5.39. The van der Waals surface area contributed by atoms with Gasteiger partial charge in [0.2, 0.25) is 0 Å². The first-order chi connectivity index (χ1) is 7.12. The highest BCUT2D eigenvalue weighted by atomic mass is 19.4. The van der Waals surface area contributed by atoms with Gasteiger partial charge >= 0.3 is 6.18 Å².